The van der Waals surface area contributed by atoms with Gasteiger partial charge in [-0.3, -0.25) is 15.0 Å². The Bertz CT molecular complexity index is 256. The molecule has 6 nitrogen and oxygen atoms in total. The van der Waals surface area contributed by atoms with Crippen molar-refractivity contribution in [2.24, 2.45) is 5.73 Å². The lowest BCUT2D eigenvalue weighted by molar-refractivity contribution is -0.125. The normalized spacial score (nSPS) is 12.6. The third kappa shape index (κ3) is 5.65. The molecule has 0 aliphatic carbocycles. The van der Waals surface area contributed by atoms with Crippen LogP contribution in [0.5, 0.6) is 0 Å². The maximum absolute atomic E-state index is 11.8. The van der Waals surface area contributed by atoms with Gasteiger partial charge in [0.05, 0.1) is 6.04 Å². The third-order valence-corrected chi connectivity index (χ3v) is 2.50. The van der Waals surface area contributed by atoms with Crippen molar-refractivity contribution in [3.8, 4) is 0 Å². The first-order chi connectivity index (χ1) is 7.93. The van der Waals surface area contributed by atoms with Crippen molar-refractivity contribution >= 4 is 11.9 Å². The van der Waals surface area contributed by atoms with E-state index in [1.54, 1.807) is 13.8 Å². The highest BCUT2D eigenvalue weighted by Crippen LogP contribution is 2.04. The van der Waals surface area contributed by atoms with Crippen LogP contribution in [0, 0.1) is 0 Å². The fraction of sp³-hybridized carbons (Fsp3) is 0.818. The topological polar surface area (TPSA) is 87.5 Å². The van der Waals surface area contributed by atoms with Crippen molar-refractivity contribution in [2.75, 3.05) is 19.6 Å². The summed E-state index contributed by atoms with van der Waals surface area (Å²) in [4.78, 5) is 25.0. The summed E-state index contributed by atoms with van der Waals surface area (Å²) in [5.41, 5.74) is 5.50. The molecule has 0 aromatic carbocycles. The van der Waals surface area contributed by atoms with Gasteiger partial charge in [0.2, 0.25) is 5.91 Å². The van der Waals surface area contributed by atoms with Crippen molar-refractivity contribution in [2.45, 2.75) is 39.8 Å². The van der Waals surface area contributed by atoms with Crippen molar-refractivity contribution in [3.05, 3.63) is 0 Å². The van der Waals surface area contributed by atoms with Gasteiger partial charge in [-0.1, -0.05) is 0 Å². The van der Waals surface area contributed by atoms with Gasteiger partial charge in [-0.25, -0.2) is 4.79 Å². The highest BCUT2D eigenvalue weighted by atomic mass is 16.2. The van der Waals surface area contributed by atoms with Crippen LogP contribution in [0.4, 0.5) is 4.79 Å². The standard InChI is InChI=1S/C11H24N4O2/c1-5-13-11(17)14-10(16)9(4)15(7-6-12)8(2)3/h8-9H,5-7,12H2,1-4H3,(H2,13,14,16,17). The molecule has 0 heterocycles. The number of nitrogens with one attached hydrogen (secondary N) is 2. The summed E-state index contributed by atoms with van der Waals surface area (Å²) < 4.78 is 0. The van der Waals surface area contributed by atoms with Crippen molar-refractivity contribution in [1.29, 1.82) is 0 Å². The minimum absolute atomic E-state index is 0.202. The SMILES string of the molecule is CCNC(=O)NC(=O)C(C)N(CCN)C(C)C. The fourth-order valence-electron chi connectivity index (χ4n) is 1.62. The van der Waals surface area contributed by atoms with Gasteiger partial charge < -0.3 is 11.1 Å². The molecule has 100 valence electrons. The first kappa shape index (κ1) is 15.9. The van der Waals surface area contributed by atoms with E-state index in [1.165, 1.54) is 0 Å². The smallest absolute Gasteiger partial charge is 0.321 e. The second-order valence-electron chi connectivity index (χ2n) is 4.14. The number of hydrogen-bond acceptors (Lipinski definition) is 4. The monoisotopic (exact) mass is 244 g/mol. The van der Waals surface area contributed by atoms with E-state index >= 15 is 0 Å². The molecule has 0 saturated carbocycles. The number of carbonyl (C=O) groups is 2. The maximum atomic E-state index is 11.8. The van der Waals surface area contributed by atoms with Crippen LogP contribution in [0.2, 0.25) is 0 Å². The maximum Gasteiger partial charge on any atom is 0.321 e. The molecule has 0 spiro atoms. The molecule has 3 amide bonds. The van der Waals surface area contributed by atoms with E-state index in [4.69, 9.17) is 5.73 Å². The number of carbonyl (C=O) groups excluding carboxylic acids is 2. The van der Waals surface area contributed by atoms with E-state index in [-0.39, 0.29) is 18.0 Å². The Labute approximate surface area is 103 Å². The average molecular weight is 244 g/mol. The molecule has 0 aliphatic rings. The Morgan fingerprint density at radius 3 is 2.29 bits per heavy atom. The minimum Gasteiger partial charge on any atom is -0.338 e. The Morgan fingerprint density at radius 1 is 1.29 bits per heavy atom. The van der Waals surface area contributed by atoms with E-state index in [0.717, 1.165) is 0 Å². The number of imide groups is 1. The number of amides is 3. The van der Waals surface area contributed by atoms with E-state index in [0.29, 0.717) is 19.6 Å². The molecule has 0 aromatic heterocycles. The Hall–Kier alpha value is -1.14. The van der Waals surface area contributed by atoms with Crippen LogP contribution < -0.4 is 16.4 Å². The Kier molecular flexibility index (Phi) is 7.49. The molecule has 1 atom stereocenters. The molecule has 0 aromatic rings. The molecular weight excluding hydrogens is 220 g/mol. The van der Waals surface area contributed by atoms with Gasteiger partial charge in [-0.15, -0.1) is 0 Å². The lowest BCUT2D eigenvalue weighted by atomic mass is 10.2. The molecular formula is C11H24N4O2. The lowest BCUT2D eigenvalue weighted by Crippen LogP contribution is -2.52. The summed E-state index contributed by atoms with van der Waals surface area (Å²) in [7, 11) is 0. The molecule has 6 heteroatoms. The van der Waals surface area contributed by atoms with Gasteiger partial charge in [0.1, 0.15) is 0 Å². The molecule has 0 fully saturated rings. The number of urea groups is 1. The van der Waals surface area contributed by atoms with Gasteiger partial charge in [0.15, 0.2) is 0 Å². The van der Waals surface area contributed by atoms with Crippen LogP contribution in [0.3, 0.4) is 0 Å². The van der Waals surface area contributed by atoms with Crippen molar-refractivity contribution in [1.82, 2.24) is 15.5 Å². The highest BCUT2D eigenvalue weighted by molar-refractivity contribution is 5.96. The molecule has 0 aliphatic heterocycles. The summed E-state index contributed by atoms with van der Waals surface area (Å²) >= 11 is 0. The largest absolute Gasteiger partial charge is 0.338 e. The zero-order valence-electron chi connectivity index (χ0n) is 11.1. The molecule has 0 saturated heterocycles. The molecule has 0 radical (unpaired) electrons. The quantitative estimate of drug-likeness (QED) is 0.608. The number of rotatable bonds is 6. The summed E-state index contributed by atoms with van der Waals surface area (Å²) in [6, 6.07) is -0.629. The number of nitrogens with zero attached hydrogens (tertiary/aromatic N) is 1. The number of hydrogen-bond donors (Lipinski definition) is 3. The zero-order valence-corrected chi connectivity index (χ0v) is 11.1. The molecule has 4 N–H and O–H groups in total. The summed E-state index contributed by atoms with van der Waals surface area (Å²) in [5.74, 6) is -0.307. The lowest BCUT2D eigenvalue weighted by Gasteiger charge is -2.31. The zero-order chi connectivity index (χ0) is 13.4. The van der Waals surface area contributed by atoms with Gasteiger partial charge in [-0.05, 0) is 27.7 Å². The predicted molar refractivity (Wildman–Crippen MR) is 67.6 cm³/mol. The first-order valence-corrected chi connectivity index (χ1v) is 5.98. The molecule has 17 heavy (non-hydrogen) atoms. The van der Waals surface area contributed by atoms with E-state index in [9.17, 15) is 9.59 Å². The van der Waals surface area contributed by atoms with Crippen LogP contribution in [-0.2, 0) is 4.79 Å². The van der Waals surface area contributed by atoms with Gasteiger partial charge in [0, 0.05) is 25.7 Å². The van der Waals surface area contributed by atoms with Crippen LogP contribution in [0.25, 0.3) is 0 Å². The van der Waals surface area contributed by atoms with Crippen LogP contribution >= 0.6 is 0 Å². The summed E-state index contributed by atoms with van der Waals surface area (Å²) in [5, 5.41) is 4.82. The summed E-state index contributed by atoms with van der Waals surface area (Å²) in [6.07, 6.45) is 0. The number of nitrogens with two attached hydrogens (primary N) is 1. The van der Waals surface area contributed by atoms with E-state index in [1.807, 2.05) is 18.7 Å². The van der Waals surface area contributed by atoms with E-state index < -0.39 is 6.03 Å². The predicted octanol–water partition coefficient (Wildman–Crippen LogP) is -0.110. The van der Waals surface area contributed by atoms with Crippen molar-refractivity contribution < 1.29 is 9.59 Å². The average Bonchev–Trinajstić information content (AvgIpc) is 2.24. The molecule has 0 bridgehead atoms. The molecule has 0 rings (SSSR count). The second kappa shape index (κ2) is 8.03. The summed E-state index contributed by atoms with van der Waals surface area (Å²) in [6.45, 7) is 9.15. The van der Waals surface area contributed by atoms with Crippen LogP contribution in [0.15, 0.2) is 0 Å². The van der Waals surface area contributed by atoms with Gasteiger partial charge in [0.25, 0.3) is 0 Å². The van der Waals surface area contributed by atoms with Crippen LogP contribution in [-0.4, -0.2) is 48.6 Å². The second-order valence-corrected chi connectivity index (χ2v) is 4.14. The highest BCUT2D eigenvalue weighted by Gasteiger charge is 2.23. The Morgan fingerprint density at radius 2 is 1.88 bits per heavy atom. The van der Waals surface area contributed by atoms with Gasteiger partial charge in [-0.2, -0.15) is 0 Å². The fourth-order valence-corrected chi connectivity index (χ4v) is 1.62. The van der Waals surface area contributed by atoms with Crippen LogP contribution in [0.1, 0.15) is 27.7 Å². The minimum atomic E-state index is -0.458. The Balaban J connectivity index is 4.39. The van der Waals surface area contributed by atoms with Gasteiger partial charge >= 0.3 is 6.03 Å². The van der Waals surface area contributed by atoms with E-state index in [2.05, 4.69) is 10.6 Å². The first-order valence-electron chi connectivity index (χ1n) is 5.98. The molecule has 1 unspecified atom stereocenters. The van der Waals surface area contributed by atoms with Crippen molar-refractivity contribution in [3.63, 3.8) is 0 Å². The third-order valence-electron chi connectivity index (χ3n) is 2.50.